The Bertz CT molecular complexity index is 516. The highest BCUT2D eigenvalue weighted by Gasteiger charge is 2.21. The molecule has 0 aliphatic carbocycles. The Morgan fingerprint density at radius 1 is 1.17 bits per heavy atom. The fourth-order valence-electron chi connectivity index (χ4n) is 2.83. The van der Waals surface area contributed by atoms with E-state index in [4.69, 9.17) is 4.74 Å². The number of carbonyl (C=O) groups excluding carboxylic acids is 2. The molecule has 1 unspecified atom stereocenters. The molecule has 0 saturated carbocycles. The maximum Gasteiger partial charge on any atom is 0.221 e. The molecular formula is C18H27N3O3. The van der Waals surface area contributed by atoms with Gasteiger partial charge in [-0.3, -0.25) is 14.5 Å². The van der Waals surface area contributed by atoms with Crippen molar-refractivity contribution in [2.45, 2.75) is 25.8 Å². The van der Waals surface area contributed by atoms with Gasteiger partial charge in [-0.15, -0.1) is 0 Å². The second-order valence-corrected chi connectivity index (χ2v) is 6.03. The minimum Gasteiger partial charge on any atom is -0.379 e. The second-order valence-electron chi connectivity index (χ2n) is 6.03. The largest absolute Gasteiger partial charge is 0.379 e. The van der Waals surface area contributed by atoms with Crippen LogP contribution in [0.3, 0.4) is 0 Å². The minimum absolute atomic E-state index is 0.0323. The SMILES string of the molecule is CC(=O)NCCC(=O)NCC(Cc1ccccc1)N1CCOCC1. The molecule has 0 radical (unpaired) electrons. The van der Waals surface area contributed by atoms with Crippen LogP contribution < -0.4 is 10.6 Å². The Labute approximate surface area is 143 Å². The van der Waals surface area contributed by atoms with Crippen LogP contribution in [0, 0.1) is 0 Å². The lowest BCUT2D eigenvalue weighted by molar-refractivity contribution is -0.121. The van der Waals surface area contributed by atoms with Gasteiger partial charge in [0.1, 0.15) is 0 Å². The molecule has 1 aromatic rings. The molecule has 1 atom stereocenters. The Balaban J connectivity index is 1.85. The molecule has 1 saturated heterocycles. The maximum atomic E-state index is 12.0. The number of hydrogen-bond donors (Lipinski definition) is 2. The van der Waals surface area contributed by atoms with E-state index in [0.717, 1.165) is 32.7 Å². The van der Waals surface area contributed by atoms with Crippen molar-refractivity contribution in [2.24, 2.45) is 0 Å². The van der Waals surface area contributed by atoms with Gasteiger partial charge in [-0.25, -0.2) is 0 Å². The molecule has 2 amide bonds. The van der Waals surface area contributed by atoms with Crippen molar-refractivity contribution in [1.29, 1.82) is 0 Å². The Morgan fingerprint density at radius 2 is 1.88 bits per heavy atom. The summed E-state index contributed by atoms with van der Waals surface area (Å²) in [4.78, 5) is 25.2. The molecule has 1 heterocycles. The van der Waals surface area contributed by atoms with Crippen LogP contribution in [0.4, 0.5) is 0 Å². The molecular weight excluding hydrogens is 306 g/mol. The Kier molecular flexibility index (Phi) is 7.71. The predicted octanol–water partition coefficient (Wildman–Crippen LogP) is 0.572. The number of benzene rings is 1. The fourth-order valence-corrected chi connectivity index (χ4v) is 2.83. The van der Waals surface area contributed by atoms with E-state index in [9.17, 15) is 9.59 Å². The Morgan fingerprint density at radius 3 is 2.54 bits per heavy atom. The van der Waals surface area contributed by atoms with Gasteiger partial charge in [0.2, 0.25) is 11.8 Å². The second kappa shape index (κ2) is 10.1. The van der Waals surface area contributed by atoms with Crippen LogP contribution in [0.1, 0.15) is 18.9 Å². The smallest absolute Gasteiger partial charge is 0.221 e. The summed E-state index contributed by atoms with van der Waals surface area (Å²) < 4.78 is 5.43. The first-order chi connectivity index (χ1) is 11.6. The first-order valence-electron chi connectivity index (χ1n) is 8.52. The quantitative estimate of drug-likeness (QED) is 0.730. The number of amides is 2. The number of morpholine rings is 1. The highest BCUT2D eigenvalue weighted by Crippen LogP contribution is 2.11. The van der Waals surface area contributed by atoms with E-state index in [2.05, 4.69) is 27.7 Å². The van der Waals surface area contributed by atoms with Crippen molar-refractivity contribution in [3.05, 3.63) is 35.9 Å². The van der Waals surface area contributed by atoms with Gasteiger partial charge in [0.05, 0.1) is 13.2 Å². The van der Waals surface area contributed by atoms with E-state index in [-0.39, 0.29) is 17.9 Å². The van der Waals surface area contributed by atoms with Gasteiger partial charge in [0, 0.05) is 45.6 Å². The molecule has 132 valence electrons. The average molecular weight is 333 g/mol. The fraction of sp³-hybridized carbons (Fsp3) is 0.556. The third-order valence-electron chi connectivity index (χ3n) is 4.14. The number of nitrogens with zero attached hydrogens (tertiary/aromatic N) is 1. The maximum absolute atomic E-state index is 12.0. The number of hydrogen-bond acceptors (Lipinski definition) is 4. The van der Waals surface area contributed by atoms with Crippen LogP contribution in [0.15, 0.2) is 30.3 Å². The number of ether oxygens (including phenoxy) is 1. The lowest BCUT2D eigenvalue weighted by Crippen LogP contribution is -2.50. The summed E-state index contributed by atoms with van der Waals surface area (Å²) in [6.45, 7) is 5.68. The van der Waals surface area contributed by atoms with E-state index in [1.54, 1.807) is 0 Å². The molecule has 1 aliphatic rings. The zero-order valence-corrected chi connectivity index (χ0v) is 14.3. The predicted molar refractivity (Wildman–Crippen MR) is 92.6 cm³/mol. The molecule has 0 spiro atoms. The van der Waals surface area contributed by atoms with Crippen LogP contribution in [0.5, 0.6) is 0 Å². The van der Waals surface area contributed by atoms with E-state index < -0.39 is 0 Å². The topological polar surface area (TPSA) is 70.7 Å². The highest BCUT2D eigenvalue weighted by molar-refractivity contribution is 5.77. The van der Waals surface area contributed by atoms with Gasteiger partial charge < -0.3 is 15.4 Å². The molecule has 0 bridgehead atoms. The molecule has 2 rings (SSSR count). The van der Waals surface area contributed by atoms with Gasteiger partial charge in [-0.2, -0.15) is 0 Å². The zero-order chi connectivity index (χ0) is 17.2. The van der Waals surface area contributed by atoms with Crippen LogP contribution in [0.25, 0.3) is 0 Å². The summed E-state index contributed by atoms with van der Waals surface area (Å²) in [5, 5.41) is 5.64. The Hall–Kier alpha value is -1.92. The van der Waals surface area contributed by atoms with Gasteiger partial charge in [-0.05, 0) is 12.0 Å². The highest BCUT2D eigenvalue weighted by atomic mass is 16.5. The first-order valence-corrected chi connectivity index (χ1v) is 8.52. The molecule has 6 nitrogen and oxygen atoms in total. The van der Waals surface area contributed by atoms with Crippen molar-refractivity contribution in [3.63, 3.8) is 0 Å². The summed E-state index contributed by atoms with van der Waals surface area (Å²) in [5.41, 5.74) is 1.27. The van der Waals surface area contributed by atoms with Gasteiger partial charge in [-0.1, -0.05) is 30.3 Å². The third-order valence-corrected chi connectivity index (χ3v) is 4.14. The van der Waals surface area contributed by atoms with E-state index in [1.165, 1.54) is 12.5 Å². The van der Waals surface area contributed by atoms with Crippen molar-refractivity contribution in [2.75, 3.05) is 39.4 Å². The number of nitrogens with one attached hydrogen (secondary N) is 2. The minimum atomic E-state index is -0.113. The first kappa shape index (κ1) is 18.4. The molecule has 2 N–H and O–H groups in total. The normalized spacial score (nSPS) is 16.4. The zero-order valence-electron chi connectivity index (χ0n) is 14.3. The van der Waals surface area contributed by atoms with Crippen LogP contribution in [0.2, 0.25) is 0 Å². The van der Waals surface area contributed by atoms with E-state index in [1.807, 2.05) is 18.2 Å². The van der Waals surface area contributed by atoms with Gasteiger partial charge in [0.25, 0.3) is 0 Å². The summed E-state index contributed by atoms with van der Waals surface area (Å²) in [6, 6.07) is 10.6. The monoisotopic (exact) mass is 333 g/mol. The molecule has 24 heavy (non-hydrogen) atoms. The molecule has 1 aliphatic heterocycles. The summed E-state index contributed by atoms with van der Waals surface area (Å²) in [6.07, 6.45) is 1.20. The van der Waals surface area contributed by atoms with Crippen molar-refractivity contribution in [3.8, 4) is 0 Å². The molecule has 6 heteroatoms. The van der Waals surface area contributed by atoms with E-state index >= 15 is 0 Å². The standard InChI is InChI=1S/C18H27N3O3/c1-15(22)19-8-7-18(23)20-14-17(21-9-11-24-12-10-21)13-16-5-3-2-4-6-16/h2-6,17H,7-14H2,1H3,(H,19,22)(H,20,23). The van der Waals surface area contributed by atoms with E-state index in [0.29, 0.717) is 19.5 Å². The number of carbonyl (C=O) groups is 2. The van der Waals surface area contributed by atoms with Crippen molar-refractivity contribution < 1.29 is 14.3 Å². The lowest BCUT2D eigenvalue weighted by atomic mass is 10.0. The summed E-state index contributed by atoms with van der Waals surface area (Å²) in [7, 11) is 0. The van der Waals surface area contributed by atoms with Crippen molar-refractivity contribution >= 4 is 11.8 Å². The molecule has 1 fully saturated rings. The average Bonchev–Trinajstić information content (AvgIpc) is 2.60. The molecule has 0 aromatic heterocycles. The third kappa shape index (κ3) is 6.68. The number of rotatable bonds is 8. The lowest BCUT2D eigenvalue weighted by Gasteiger charge is -2.34. The van der Waals surface area contributed by atoms with Crippen LogP contribution >= 0.6 is 0 Å². The summed E-state index contributed by atoms with van der Waals surface area (Å²) >= 11 is 0. The molecule has 1 aromatic carbocycles. The van der Waals surface area contributed by atoms with Gasteiger partial charge in [0.15, 0.2) is 0 Å². The summed E-state index contributed by atoms with van der Waals surface area (Å²) in [5.74, 6) is -0.145. The van der Waals surface area contributed by atoms with Gasteiger partial charge >= 0.3 is 0 Å². The van der Waals surface area contributed by atoms with Crippen LogP contribution in [-0.2, 0) is 20.7 Å². The van der Waals surface area contributed by atoms with Crippen molar-refractivity contribution in [1.82, 2.24) is 15.5 Å². The van der Waals surface area contributed by atoms with Crippen LogP contribution in [-0.4, -0.2) is 62.1 Å².